The van der Waals surface area contributed by atoms with Crippen LogP contribution in [0.15, 0.2) is 133 Å². The van der Waals surface area contributed by atoms with Gasteiger partial charge in [-0.2, -0.15) is 0 Å². The Labute approximate surface area is 398 Å². The lowest BCUT2D eigenvalue weighted by atomic mass is 9.43. The van der Waals surface area contributed by atoms with Gasteiger partial charge in [-0.25, -0.2) is 0 Å². The molecule has 7 aromatic carbocycles. The zero-order valence-electron chi connectivity index (χ0n) is 41.5. The van der Waals surface area contributed by atoms with Gasteiger partial charge in [0.25, 0.3) is 0 Å². The van der Waals surface area contributed by atoms with Crippen LogP contribution in [0.25, 0.3) is 42.4 Å². The van der Waals surface area contributed by atoms with Gasteiger partial charge in [-0.15, -0.1) is 11.3 Å². The Bertz CT molecular complexity index is 3260. The van der Waals surface area contributed by atoms with Gasteiger partial charge in [-0.1, -0.05) is 169 Å². The fourth-order valence-corrected chi connectivity index (χ4v) is 12.7. The van der Waals surface area contributed by atoms with E-state index in [0.717, 1.165) is 0 Å². The lowest BCUT2D eigenvalue weighted by Crippen LogP contribution is -2.62. The van der Waals surface area contributed by atoms with Crippen LogP contribution < -0.4 is 20.6 Å². The smallest absolute Gasteiger partial charge is 0.334 e. The zero-order chi connectivity index (χ0) is 46.5. The monoisotopic (exact) mass is 880 g/mol. The largest absolute Gasteiger partial charge is 0.376 e. The molecule has 2 nitrogen and oxygen atoms in total. The van der Waals surface area contributed by atoms with Gasteiger partial charge in [-0.3, -0.25) is 0 Å². The van der Waals surface area contributed by atoms with Crippen LogP contribution >= 0.6 is 11.3 Å². The number of hydrogen-bond acceptors (Lipinski definition) is 3. The molecule has 66 heavy (non-hydrogen) atoms. The summed E-state index contributed by atoms with van der Waals surface area (Å²) < 4.78 is 2.70. The van der Waals surface area contributed by atoms with E-state index in [2.05, 4.69) is 233 Å². The highest BCUT2D eigenvalue weighted by atomic mass is 32.1. The topological polar surface area (TPSA) is 6.48 Å². The van der Waals surface area contributed by atoms with Crippen LogP contribution in [-0.4, -0.2) is 6.85 Å². The van der Waals surface area contributed by atoms with Crippen molar-refractivity contribution in [2.75, 3.05) is 9.71 Å². The first-order chi connectivity index (χ1) is 31.1. The Morgan fingerprint density at radius 1 is 0.470 bits per heavy atom. The molecule has 4 heteroatoms. The average molecular weight is 881 g/mol. The summed E-state index contributed by atoms with van der Waals surface area (Å²) in [5, 5.41) is 2.66. The maximum absolute atomic E-state index is 2.77. The third-order valence-electron chi connectivity index (χ3n) is 15.6. The average Bonchev–Trinajstić information content (AvgIpc) is 3.66. The molecule has 0 fully saturated rings. The van der Waals surface area contributed by atoms with E-state index < -0.39 is 0 Å². The maximum atomic E-state index is 2.77. The minimum absolute atomic E-state index is 0.0181. The Kier molecular flexibility index (Phi) is 9.43. The van der Waals surface area contributed by atoms with Crippen molar-refractivity contribution in [1.29, 1.82) is 0 Å². The van der Waals surface area contributed by atoms with Gasteiger partial charge in [0.2, 0.25) is 0 Å². The molecular formula is C62H65BN2S. The van der Waals surface area contributed by atoms with Gasteiger partial charge in [0, 0.05) is 54.0 Å². The van der Waals surface area contributed by atoms with Crippen molar-refractivity contribution in [3.63, 3.8) is 0 Å². The lowest BCUT2D eigenvalue weighted by molar-refractivity contribution is 0.332. The van der Waals surface area contributed by atoms with Gasteiger partial charge in [0.1, 0.15) is 0 Å². The summed E-state index contributed by atoms with van der Waals surface area (Å²) in [5.74, 6) is 0. The molecule has 1 aromatic heterocycles. The Morgan fingerprint density at radius 3 is 1.73 bits per heavy atom. The number of thiophene rings is 1. The van der Waals surface area contributed by atoms with Crippen molar-refractivity contribution in [3.8, 4) is 22.3 Å². The molecule has 11 rings (SSSR count). The summed E-state index contributed by atoms with van der Waals surface area (Å²) in [5.41, 5.74) is 21.3. The van der Waals surface area contributed by atoms with Crippen molar-refractivity contribution >= 4 is 77.7 Å². The number of nitrogens with zero attached hydrogens (tertiary/aromatic N) is 2. The van der Waals surface area contributed by atoms with Gasteiger partial charge in [0.15, 0.2) is 0 Å². The third kappa shape index (κ3) is 6.63. The van der Waals surface area contributed by atoms with Crippen molar-refractivity contribution in [2.24, 2.45) is 0 Å². The fourth-order valence-electron chi connectivity index (χ4n) is 11.4. The van der Waals surface area contributed by atoms with E-state index in [-0.39, 0.29) is 33.9 Å². The van der Waals surface area contributed by atoms with Crippen LogP contribution in [0.3, 0.4) is 0 Å². The SMILES string of the molecule is CC(C)(C)c1ccc(N2B3c4c(cc(C(C)(C)C)cc4N(c4ccc(C(C)(C)C)cc4-c4ccccc4)c4ccc5c(sc6ccccc65)c43)-c3cc4c(cc32)C(C)(C)CCC4(C)C)cc1. The number of rotatable bonds is 3. The normalized spacial score (nSPS) is 16.3. The molecule has 3 aliphatic rings. The molecule has 0 radical (unpaired) electrons. The standard InChI is InChI=1S/C62H65BN2S/c1-58(2,3)39-23-26-42(27-24-39)65-52-37-49-48(61(10,11)31-32-62(49,12)13)36-46(52)47-34-41(60(7,8)9)35-53-55(47)63(65)56-51(30-28-44-43-21-17-18-22-54(43)66-57(44)56)64(53)50-29-25-40(59(4,5)6)33-45(50)38-19-15-14-16-20-38/h14-30,33-37H,31-32H2,1-13H3. The van der Waals surface area contributed by atoms with E-state index >= 15 is 0 Å². The Hall–Kier alpha value is -5.58. The van der Waals surface area contributed by atoms with Crippen LogP contribution in [0.1, 0.15) is 131 Å². The Balaban J connectivity index is 1.33. The van der Waals surface area contributed by atoms with E-state index in [0.29, 0.717) is 0 Å². The highest BCUT2D eigenvalue weighted by Gasteiger charge is 2.49. The van der Waals surface area contributed by atoms with Crippen molar-refractivity contribution in [3.05, 3.63) is 161 Å². The third-order valence-corrected chi connectivity index (χ3v) is 16.8. The molecule has 1 aliphatic carbocycles. The van der Waals surface area contributed by atoms with Crippen LogP contribution in [0.5, 0.6) is 0 Å². The van der Waals surface area contributed by atoms with Crippen LogP contribution in [0.2, 0.25) is 0 Å². The van der Waals surface area contributed by atoms with Crippen molar-refractivity contribution < 1.29 is 0 Å². The van der Waals surface area contributed by atoms with E-state index in [1.54, 1.807) is 0 Å². The summed E-state index contributed by atoms with van der Waals surface area (Å²) in [6.45, 7) is 31.0. The molecule has 8 aromatic rings. The minimum atomic E-state index is -0.101. The van der Waals surface area contributed by atoms with Gasteiger partial charge in [0.05, 0.1) is 5.69 Å². The fraction of sp³-hybridized carbons (Fsp3) is 0.323. The predicted octanol–water partition coefficient (Wildman–Crippen LogP) is 16.7. The molecular weight excluding hydrogens is 816 g/mol. The molecule has 0 N–H and O–H groups in total. The molecule has 0 bridgehead atoms. The second-order valence-corrected chi connectivity index (χ2v) is 25.2. The molecule has 0 unspecified atom stereocenters. The first-order valence-corrected chi connectivity index (χ1v) is 25.2. The van der Waals surface area contributed by atoms with Crippen LogP contribution in [-0.2, 0) is 27.1 Å². The predicted molar refractivity (Wildman–Crippen MR) is 290 cm³/mol. The van der Waals surface area contributed by atoms with Crippen LogP contribution in [0, 0.1) is 0 Å². The highest BCUT2D eigenvalue weighted by molar-refractivity contribution is 7.27. The number of benzene rings is 7. The van der Waals surface area contributed by atoms with E-state index in [1.807, 2.05) is 11.3 Å². The molecule has 0 atom stereocenters. The first-order valence-electron chi connectivity index (χ1n) is 24.3. The van der Waals surface area contributed by atoms with Gasteiger partial charge >= 0.3 is 6.85 Å². The second kappa shape index (κ2) is 14.5. The first kappa shape index (κ1) is 43.0. The highest BCUT2D eigenvalue weighted by Crippen LogP contribution is 2.55. The maximum Gasteiger partial charge on any atom is 0.334 e. The number of fused-ring (bicyclic) bond motifs is 9. The van der Waals surface area contributed by atoms with E-state index in [4.69, 9.17) is 0 Å². The summed E-state index contributed by atoms with van der Waals surface area (Å²) in [6, 6.07) is 52.4. The molecule has 332 valence electrons. The van der Waals surface area contributed by atoms with E-state index in [9.17, 15) is 0 Å². The quantitative estimate of drug-likeness (QED) is 0.163. The molecule has 0 saturated heterocycles. The summed E-state index contributed by atoms with van der Waals surface area (Å²) >= 11 is 1.96. The van der Waals surface area contributed by atoms with Crippen molar-refractivity contribution in [1.82, 2.24) is 0 Å². The summed E-state index contributed by atoms with van der Waals surface area (Å²) in [7, 11) is 0. The van der Waals surface area contributed by atoms with Gasteiger partial charge in [-0.05, 0) is 144 Å². The minimum Gasteiger partial charge on any atom is -0.376 e. The molecule has 3 heterocycles. The van der Waals surface area contributed by atoms with Gasteiger partial charge < -0.3 is 9.71 Å². The lowest BCUT2D eigenvalue weighted by Gasteiger charge is -2.49. The van der Waals surface area contributed by atoms with Crippen LogP contribution in [0.4, 0.5) is 28.4 Å². The molecule has 2 aliphatic heterocycles. The van der Waals surface area contributed by atoms with Crippen molar-refractivity contribution in [2.45, 2.75) is 130 Å². The molecule has 0 amide bonds. The summed E-state index contributed by atoms with van der Waals surface area (Å²) in [6.07, 6.45) is 2.34. The number of hydrogen-bond donors (Lipinski definition) is 0. The Morgan fingerprint density at radius 2 is 1.06 bits per heavy atom. The van der Waals surface area contributed by atoms with E-state index in [1.165, 1.54) is 122 Å². The molecule has 0 saturated carbocycles. The summed E-state index contributed by atoms with van der Waals surface area (Å²) in [4.78, 5) is 5.44. The zero-order valence-corrected chi connectivity index (χ0v) is 42.3. The molecule has 0 spiro atoms. The second-order valence-electron chi connectivity index (χ2n) is 24.1. The number of anilines is 5.